The van der Waals surface area contributed by atoms with Gasteiger partial charge in [0.05, 0.1) is 46.0 Å². The Hall–Kier alpha value is -5.17. The monoisotopic (exact) mass is 590 g/mol. The molecule has 1 atom stereocenters. The van der Waals surface area contributed by atoms with Crippen molar-refractivity contribution in [2.24, 2.45) is 4.99 Å². The maximum atomic E-state index is 13.9. The number of aromatic nitrogens is 1. The summed E-state index contributed by atoms with van der Waals surface area (Å²) in [6.07, 6.45) is 1.58. The zero-order valence-corrected chi connectivity index (χ0v) is 23.5. The van der Waals surface area contributed by atoms with Crippen molar-refractivity contribution in [1.29, 1.82) is 0 Å². The maximum absolute atomic E-state index is 13.9. The second-order valence-electron chi connectivity index (χ2n) is 9.27. The van der Waals surface area contributed by atoms with Crippen molar-refractivity contribution in [3.8, 4) is 28.6 Å². The molecule has 13 heteroatoms. The number of furan rings is 1. The van der Waals surface area contributed by atoms with Gasteiger partial charge in [-0.05, 0) is 49.7 Å². The SMILES string of the molecule is CCOC(=O)C1=C(C)N=c2s/c(=C\c3ccc(-c4cc([N+](=O)O)ccc4OC)o3)c(=O)n2C1c1ccc2c(c1)OCO2. The van der Waals surface area contributed by atoms with Gasteiger partial charge in [-0.3, -0.25) is 9.36 Å². The Kier molecular flexibility index (Phi) is 6.86. The summed E-state index contributed by atoms with van der Waals surface area (Å²) >= 11 is 1.15. The van der Waals surface area contributed by atoms with E-state index >= 15 is 0 Å². The molecule has 1 N–H and O–H groups in total. The highest BCUT2D eigenvalue weighted by atomic mass is 32.1. The molecule has 42 heavy (non-hydrogen) atoms. The molecule has 0 saturated heterocycles. The molecule has 0 bridgehead atoms. The van der Waals surface area contributed by atoms with Crippen molar-refractivity contribution >= 4 is 29.1 Å². The molecule has 2 aliphatic heterocycles. The molecule has 0 saturated carbocycles. The Bertz CT molecular complexity index is 1970. The van der Waals surface area contributed by atoms with Gasteiger partial charge in [0.25, 0.3) is 10.5 Å². The summed E-state index contributed by atoms with van der Waals surface area (Å²) in [5, 5.41) is 9.33. The van der Waals surface area contributed by atoms with Crippen LogP contribution in [-0.4, -0.2) is 41.2 Å². The Morgan fingerprint density at radius 3 is 2.76 bits per heavy atom. The molecule has 0 radical (unpaired) electrons. The van der Waals surface area contributed by atoms with E-state index in [-0.39, 0.29) is 35.1 Å². The van der Waals surface area contributed by atoms with Gasteiger partial charge in [0, 0.05) is 18.2 Å². The van der Waals surface area contributed by atoms with Crippen LogP contribution in [-0.2, 0) is 9.53 Å². The van der Waals surface area contributed by atoms with E-state index in [1.54, 1.807) is 50.3 Å². The number of carbonyl (C=O) groups excluding carboxylic acids is 1. The molecular formula is C29H24N3O9S+. The molecule has 0 spiro atoms. The number of carbonyl (C=O) groups is 1. The molecule has 4 aromatic rings. The van der Waals surface area contributed by atoms with Crippen LogP contribution >= 0.6 is 11.3 Å². The molecule has 1 unspecified atom stereocenters. The van der Waals surface area contributed by atoms with E-state index in [1.165, 1.54) is 29.9 Å². The predicted molar refractivity (Wildman–Crippen MR) is 149 cm³/mol. The number of hydrogen-bond acceptors (Lipinski definition) is 10. The highest BCUT2D eigenvalue weighted by Crippen LogP contribution is 2.38. The lowest BCUT2D eigenvalue weighted by atomic mass is 9.95. The third-order valence-electron chi connectivity index (χ3n) is 6.80. The van der Waals surface area contributed by atoms with Gasteiger partial charge < -0.3 is 23.4 Å². The van der Waals surface area contributed by atoms with Crippen molar-refractivity contribution in [2.45, 2.75) is 19.9 Å². The molecule has 0 amide bonds. The molecule has 2 aliphatic rings. The Morgan fingerprint density at radius 2 is 2.00 bits per heavy atom. The Labute approximate surface area is 241 Å². The summed E-state index contributed by atoms with van der Waals surface area (Å²) in [4.78, 5) is 43.2. The first-order valence-electron chi connectivity index (χ1n) is 12.8. The topological polar surface area (TPSA) is 142 Å². The number of allylic oxidation sites excluding steroid dienone is 1. The summed E-state index contributed by atoms with van der Waals surface area (Å²) in [7, 11) is 1.47. The van der Waals surface area contributed by atoms with Gasteiger partial charge in [-0.2, -0.15) is 0 Å². The second-order valence-corrected chi connectivity index (χ2v) is 10.3. The molecule has 4 heterocycles. The van der Waals surface area contributed by atoms with Crippen LogP contribution in [0.2, 0.25) is 0 Å². The van der Waals surface area contributed by atoms with Crippen LogP contribution in [0.5, 0.6) is 17.2 Å². The first kappa shape index (κ1) is 27.0. The van der Waals surface area contributed by atoms with Crippen LogP contribution < -0.4 is 29.1 Å². The third kappa shape index (κ3) is 4.63. The quantitative estimate of drug-likeness (QED) is 0.252. The molecule has 0 aliphatic carbocycles. The molecule has 6 rings (SSSR count). The fraction of sp³-hybridized carbons (Fsp3) is 0.207. The van der Waals surface area contributed by atoms with Gasteiger partial charge >= 0.3 is 11.7 Å². The second kappa shape index (κ2) is 10.7. The number of nitrogens with zero attached hydrogens (tertiary/aromatic N) is 3. The first-order chi connectivity index (χ1) is 20.3. The lowest BCUT2D eigenvalue weighted by Gasteiger charge is -2.24. The molecule has 214 valence electrons. The lowest BCUT2D eigenvalue weighted by Crippen LogP contribution is -2.39. The van der Waals surface area contributed by atoms with E-state index in [2.05, 4.69) is 4.99 Å². The zero-order chi connectivity index (χ0) is 29.5. The normalized spacial score (nSPS) is 15.8. The standard InChI is InChI=1S/C29H24N3O9S/c1-4-38-28(34)25-15(2)30-29-31(26(25)16-5-8-22-23(11-16)40-14-39-22)27(33)24(42-29)13-18-7-10-21(41-18)19-12-17(32(35)36)6-9-20(19)37-3/h5-13,26H,4,14H2,1-3H3,(H,35,36)/q+1/b24-13-. The van der Waals surface area contributed by atoms with Crippen molar-refractivity contribution in [3.63, 3.8) is 0 Å². The molecule has 2 aromatic carbocycles. The third-order valence-corrected chi connectivity index (χ3v) is 7.78. The highest BCUT2D eigenvalue weighted by Gasteiger charge is 2.34. The van der Waals surface area contributed by atoms with E-state index in [0.29, 0.717) is 54.9 Å². The number of methoxy groups -OCH3 is 1. The summed E-state index contributed by atoms with van der Waals surface area (Å²) in [5.41, 5.74) is 1.37. The van der Waals surface area contributed by atoms with Gasteiger partial charge in [-0.15, -0.1) is 0 Å². The average Bonchev–Trinajstić information content (AvgIpc) is 3.71. The van der Waals surface area contributed by atoms with E-state index in [9.17, 15) is 19.7 Å². The first-order valence-corrected chi connectivity index (χ1v) is 13.6. The van der Waals surface area contributed by atoms with Crippen LogP contribution in [0.4, 0.5) is 5.69 Å². The number of benzene rings is 2. The van der Waals surface area contributed by atoms with Crippen molar-refractivity contribution in [2.75, 3.05) is 20.5 Å². The van der Waals surface area contributed by atoms with Crippen molar-refractivity contribution in [3.05, 3.63) is 95.7 Å². The number of ether oxygens (including phenoxy) is 4. The van der Waals surface area contributed by atoms with Gasteiger partial charge in [0.2, 0.25) is 6.79 Å². The van der Waals surface area contributed by atoms with E-state index in [0.717, 1.165) is 11.3 Å². The summed E-state index contributed by atoms with van der Waals surface area (Å²) in [5.74, 6) is 1.65. The van der Waals surface area contributed by atoms with Gasteiger partial charge in [0.1, 0.15) is 17.3 Å². The lowest BCUT2D eigenvalue weighted by molar-refractivity contribution is -0.729. The van der Waals surface area contributed by atoms with Gasteiger partial charge in [0.15, 0.2) is 16.3 Å². The largest absolute Gasteiger partial charge is 0.496 e. The number of esters is 1. The summed E-state index contributed by atoms with van der Waals surface area (Å²) in [6.45, 7) is 3.66. The van der Waals surface area contributed by atoms with Gasteiger partial charge in [-0.1, -0.05) is 17.4 Å². The van der Waals surface area contributed by atoms with Crippen LogP contribution in [0.1, 0.15) is 31.2 Å². The highest BCUT2D eigenvalue weighted by molar-refractivity contribution is 7.07. The van der Waals surface area contributed by atoms with Gasteiger partial charge in [-0.25, -0.2) is 15.0 Å². The minimum Gasteiger partial charge on any atom is -0.496 e. The predicted octanol–water partition coefficient (Wildman–Crippen LogP) is 3.60. The van der Waals surface area contributed by atoms with Crippen molar-refractivity contribution < 1.29 is 38.3 Å². The maximum Gasteiger partial charge on any atom is 0.338 e. The number of fused-ring (bicyclic) bond motifs is 2. The zero-order valence-electron chi connectivity index (χ0n) is 22.7. The number of thiazole rings is 1. The van der Waals surface area contributed by atoms with E-state index in [1.807, 2.05) is 0 Å². The van der Waals surface area contributed by atoms with Crippen molar-refractivity contribution in [1.82, 2.24) is 4.57 Å². The minimum atomic E-state index is -0.815. The number of hydrogen-bond donors (Lipinski definition) is 1. The molecule has 0 fully saturated rings. The van der Waals surface area contributed by atoms with E-state index in [4.69, 9.17) is 23.4 Å². The Morgan fingerprint density at radius 1 is 1.19 bits per heavy atom. The van der Waals surface area contributed by atoms with E-state index < -0.39 is 12.0 Å². The van der Waals surface area contributed by atoms with Crippen LogP contribution in [0, 0.1) is 4.91 Å². The smallest absolute Gasteiger partial charge is 0.338 e. The molecular weight excluding hydrogens is 566 g/mol. The Balaban J connectivity index is 1.46. The van der Waals surface area contributed by atoms with Crippen LogP contribution in [0.25, 0.3) is 17.4 Å². The fourth-order valence-electron chi connectivity index (χ4n) is 4.90. The molecule has 2 aromatic heterocycles. The fourth-order valence-corrected chi connectivity index (χ4v) is 5.93. The average molecular weight is 591 g/mol. The van der Waals surface area contributed by atoms with Crippen LogP contribution in [0.15, 0.2) is 74.0 Å². The summed E-state index contributed by atoms with van der Waals surface area (Å²) in [6, 6.07) is 12.1. The number of rotatable bonds is 7. The minimum absolute atomic E-state index is 0.00616. The molecule has 12 nitrogen and oxygen atoms in total. The van der Waals surface area contributed by atoms with Crippen LogP contribution in [0.3, 0.4) is 0 Å². The summed E-state index contributed by atoms with van der Waals surface area (Å²) < 4.78 is 29.5.